The molecule has 1 aromatic rings. The Morgan fingerprint density at radius 1 is 1.45 bits per heavy atom. The summed E-state index contributed by atoms with van der Waals surface area (Å²) in [6, 6.07) is 9.82. The van der Waals surface area contributed by atoms with Crippen LogP contribution in [-0.4, -0.2) is 30.3 Å². The monoisotopic (exact) mass is 277 g/mol. The van der Waals surface area contributed by atoms with Gasteiger partial charge >= 0.3 is 0 Å². The minimum atomic E-state index is -0.338. The zero-order chi connectivity index (χ0) is 14.4. The number of aliphatic hydroxyl groups is 1. The van der Waals surface area contributed by atoms with E-state index in [1.807, 2.05) is 37.3 Å². The largest absolute Gasteiger partial charge is 0.396 e. The fraction of sp³-hybridized carbons (Fsp3) is 0.562. The summed E-state index contributed by atoms with van der Waals surface area (Å²) in [4.78, 5) is 12.3. The van der Waals surface area contributed by atoms with Crippen molar-refractivity contribution in [1.82, 2.24) is 5.32 Å². The fourth-order valence-corrected chi connectivity index (χ4v) is 2.59. The third-order valence-corrected chi connectivity index (χ3v) is 3.82. The van der Waals surface area contributed by atoms with Crippen LogP contribution in [0.25, 0.3) is 0 Å². The molecule has 4 heteroatoms. The highest BCUT2D eigenvalue weighted by atomic mass is 16.5. The van der Waals surface area contributed by atoms with Gasteiger partial charge in [-0.15, -0.1) is 0 Å². The van der Waals surface area contributed by atoms with Crippen LogP contribution in [0.2, 0.25) is 0 Å². The molecule has 20 heavy (non-hydrogen) atoms. The van der Waals surface area contributed by atoms with Gasteiger partial charge in [0.2, 0.25) is 5.91 Å². The highest BCUT2D eigenvalue weighted by Crippen LogP contribution is 2.23. The molecule has 0 aliphatic carbocycles. The Balaban J connectivity index is 2.02. The van der Waals surface area contributed by atoms with E-state index in [4.69, 9.17) is 9.84 Å². The Hall–Kier alpha value is -1.39. The van der Waals surface area contributed by atoms with Gasteiger partial charge in [0, 0.05) is 13.2 Å². The molecule has 1 heterocycles. The van der Waals surface area contributed by atoms with Gasteiger partial charge in [0.15, 0.2) is 0 Å². The van der Waals surface area contributed by atoms with Gasteiger partial charge in [0.25, 0.3) is 0 Å². The van der Waals surface area contributed by atoms with Crippen molar-refractivity contribution in [3.8, 4) is 0 Å². The molecule has 3 unspecified atom stereocenters. The van der Waals surface area contributed by atoms with Gasteiger partial charge < -0.3 is 15.2 Å². The molecule has 1 amide bonds. The molecule has 2 N–H and O–H groups in total. The minimum Gasteiger partial charge on any atom is -0.396 e. The van der Waals surface area contributed by atoms with Gasteiger partial charge in [0.05, 0.1) is 6.04 Å². The summed E-state index contributed by atoms with van der Waals surface area (Å²) in [5.41, 5.74) is 1.07. The molecular weight excluding hydrogens is 254 g/mol. The maximum Gasteiger partial charge on any atom is 0.249 e. The summed E-state index contributed by atoms with van der Waals surface area (Å²) < 4.78 is 5.51. The van der Waals surface area contributed by atoms with Gasteiger partial charge in [-0.25, -0.2) is 0 Å². The summed E-state index contributed by atoms with van der Waals surface area (Å²) in [6.07, 6.45) is 1.99. The lowest BCUT2D eigenvalue weighted by Gasteiger charge is -2.22. The summed E-state index contributed by atoms with van der Waals surface area (Å²) in [5, 5.41) is 12.1. The number of benzene rings is 1. The van der Waals surface area contributed by atoms with Crippen molar-refractivity contribution in [2.75, 3.05) is 13.2 Å². The summed E-state index contributed by atoms with van der Waals surface area (Å²) in [5.74, 6) is 0.228. The number of carbonyl (C=O) groups excluding carboxylic acids is 1. The van der Waals surface area contributed by atoms with Crippen molar-refractivity contribution in [3.63, 3.8) is 0 Å². The molecule has 2 rings (SSSR count). The first-order valence-electron chi connectivity index (χ1n) is 7.30. The van der Waals surface area contributed by atoms with Crippen LogP contribution in [0.4, 0.5) is 0 Å². The van der Waals surface area contributed by atoms with E-state index in [1.54, 1.807) is 0 Å². The average molecular weight is 277 g/mol. The van der Waals surface area contributed by atoms with Crippen LogP contribution in [0, 0.1) is 5.92 Å². The SMILES string of the molecule is CC1CCOC1C(=O)NC(CCCO)c1ccccc1. The number of hydrogen-bond acceptors (Lipinski definition) is 3. The molecule has 1 aliphatic rings. The van der Waals surface area contributed by atoms with Gasteiger partial charge in [-0.05, 0) is 30.7 Å². The average Bonchev–Trinajstić information content (AvgIpc) is 2.90. The van der Waals surface area contributed by atoms with Gasteiger partial charge in [-0.3, -0.25) is 4.79 Å². The van der Waals surface area contributed by atoms with Crippen LogP contribution >= 0.6 is 0 Å². The fourth-order valence-electron chi connectivity index (χ4n) is 2.59. The van der Waals surface area contributed by atoms with E-state index in [2.05, 4.69) is 5.32 Å². The molecule has 0 saturated carbocycles. The van der Waals surface area contributed by atoms with Crippen LogP contribution in [0.15, 0.2) is 30.3 Å². The molecule has 3 atom stereocenters. The third kappa shape index (κ3) is 3.81. The van der Waals surface area contributed by atoms with Crippen molar-refractivity contribution in [1.29, 1.82) is 0 Å². The maximum atomic E-state index is 12.3. The molecule has 0 spiro atoms. The lowest BCUT2D eigenvalue weighted by molar-refractivity contribution is -0.132. The number of carbonyl (C=O) groups is 1. The Bertz CT molecular complexity index is 421. The van der Waals surface area contributed by atoms with Crippen LogP contribution < -0.4 is 5.32 Å². The van der Waals surface area contributed by atoms with Crippen molar-refractivity contribution >= 4 is 5.91 Å². The Labute approximate surface area is 120 Å². The van der Waals surface area contributed by atoms with Crippen LogP contribution in [0.5, 0.6) is 0 Å². The van der Waals surface area contributed by atoms with E-state index in [9.17, 15) is 4.79 Å². The number of amides is 1. The molecule has 0 bridgehead atoms. The molecule has 110 valence electrons. The van der Waals surface area contributed by atoms with Crippen molar-refractivity contribution in [2.45, 2.75) is 38.3 Å². The first kappa shape index (κ1) is 15.0. The number of hydrogen-bond donors (Lipinski definition) is 2. The van der Waals surface area contributed by atoms with E-state index in [0.717, 1.165) is 18.4 Å². The first-order chi connectivity index (χ1) is 9.72. The van der Waals surface area contributed by atoms with E-state index < -0.39 is 0 Å². The summed E-state index contributed by atoms with van der Waals surface area (Å²) in [6.45, 7) is 2.84. The highest BCUT2D eigenvalue weighted by molar-refractivity contribution is 5.81. The summed E-state index contributed by atoms with van der Waals surface area (Å²) in [7, 11) is 0. The molecule has 1 saturated heterocycles. The quantitative estimate of drug-likeness (QED) is 0.836. The second-order valence-corrected chi connectivity index (χ2v) is 5.40. The van der Waals surface area contributed by atoms with E-state index >= 15 is 0 Å². The van der Waals surface area contributed by atoms with E-state index in [0.29, 0.717) is 13.0 Å². The van der Waals surface area contributed by atoms with Crippen LogP contribution in [-0.2, 0) is 9.53 Å². The molecule has 1 fully saturated rings. The first-order valence-corrected chi connectivity index (χ1v) is 7.30. The van der Waals surface area contributed by atoms with Gasteiger partial charge in [0.1, 0.15) is 6.10 Å². The highest BCUT2D eigenvalue weighted by Gasteiger charge is 2.32. The predicted molar refractivity (Wildman–Crippen MR) is 77.2 cm³/mol. The van der Waals surface area contributed by atoms with Crippen molar-refractivity contribution in [2.24, 2.45) is 5.92 Å². The second kappa shape index (κ2) is 7.41. The number of rotatable bonds is 6. The maximum absolute atomic E-state index is 12.3. The molecular formula is C16H23NO3. The number of ether oxygens (including phenoxy) is 1. The molecule has 0 radical (unpaired) electrons. The molecule has 4 nitrogen and oxygen atoms in total. The van der Waals surface area contributed by atoms with Gasteiger partial charge in [-0.2, -0.15) is 0 Å². The lowest BCUT2D eigenvalue weighted by Crippen LogP contribution is -2.39. The summed E-state index contributed by atoms with van der Waals surface area (Å²) >= 11 is 0. The molecule has 1 aromatic carbocycles. The van der Waals surface area contributed by atoms with Crippen LogP contribution in [0.3, 0.4) is 0 Å². The topological polar surface area (TPSA) is 58.6 Å². The lowest BCUT2D eigenvalue weighted by atomic mass is 9.99. The Kier molecular flexibility index (Phi) is 5.56. The third-order valence-electron chi connectivity index (χ3n) is 3.82. The smallest absolute Gasteiger partial charge is 0.249 e. The molecule has 0 aromatic heterocycles. The zero-order valence-electron chi connectivity index (χ0n) is 11.9. The Morgan fingerprint density at radius 3 is 2.80 bits per heavy atom. The van der Waals surface area contributed by atoms with E-state index in [-0.39, 0.29) is 30.6 Å². The van der Waals surface area contributed by atoms with Gasteiger partial charge in [-0.1, -0.05) is 37.3 Å². The van der Waals surface area contributed by atoms with Crippen molar-refractivity contribution in [3.05, 3.63) is 35.9 Å². The normalized spacial score (nSPS) is 23.5. The number of aliphatic hydroxyl groups excluding tert-OH is 1. The standard InChI is InChI=1S/C16H23NO3/c1-12-9-11-20-15(12)16(19)17-14(8-5-10-18)13-6-3-2-4-7-13/h2-4,6-7,12,14-15,18H,5,8-11H2,1H3,(H,17,19). The van der Waals surface area contributed by atoms with Crippen LogP contribution in [0.1, 0.15) is 37.8 Å². The predicted octanol–water partition coefficient (Wildman–Crippen LogP) is 2.04. The minimum absolute atomic E-state index is 0.0400. The Morgan fingerprint density at radius 2 is 2.20 bits per heavy atom. The van der Waals surface area contributed by atoms with E-state index in [1.165, 1.54) is 0 Å². The number of nitrogens with one attached hydrogen (secondary N) is 1. The zero-order valence-corrected chi connectivity index (χ0v) is 11.9. The molecule has 1 aliphatic heterocycles. The van der Waals surface area contributed by atoms with Crippen molar-refractivity contribution < 1.29 is 14.6 Å². The second-order valence-electron chi connectivity index (χ2n) is 5.40.